The van der Waals surface area contributed by atoms with E-state index in [1.165, 1.54) is 78.1 Å². The first-order chi connectivity index (χ1) is 38.6. The van der Waals surface area contributed by atoms with Gasteiger partial charge in [-0.15, -0.1) is 0 Å². The van der Waals surface area contributed by atoms with Crippen molar-refractivity contribution in [1.29, 1.82) is 0 Å². The number of aliphatic hydroxyl groups is 2. The predicted molar refractivity (Wildman–Crippen MR) is 271 cm³/mol. The maximum Gasteiger partial charge on any atom is 0.259 e. The lowest BCUT2D eigenvalue weighted by Gasteiger charge is -2.39. The van der Waals surface area contributed by atoms with Gasteiger partial charge in [0.1, 0.15) is 73.2 Å². The summed E-state index contributed by atoms with van der Waals surface area (Å²) in [7, 11) is 0. The standard InChI is InChI=1S/C26H17F4N3O5.C26H15F4N3O4.C4H8O/c27-7-14-19(30)22(34)23(35)26(38-14)33-13-4-2-9(29)6-11(13)16-18-17(24(36)32-25(18)37)15-10-5-8(28)1-3-12(10)31-20(15)21(16)33;27-7-14-19(30)22-23(37-22)26(36-14)33-13-4-2-9(29)6-11(13)16-18-17(24(34)32-25(18)35)15-10-5-8(28)1-3-12(10)31-20(15)21(16)33;1-2-4-5-3-1/h1-6,14,19,22-23,26,31,34-35H,7H2,(H,32,36,37);1-6,14,19,22-23,26,31H,7H2,(H,32,34,35);1-4H2/t14-,19-,22+,23-,26?;14-,19-,22-,23-,26?;/m11./s1. The largest absolute Gasteiger partial charge is 0.387 e. The fourth-order valence-corrected chi connectivity index (χ4v) is 12.4. The summed E-state index contributed by atoms with van der Waals surface area (Å²) < 4.78 is 139. The second-order valence-electron chi connectivity index (χ2n) is 20.4. The summed E-state index contributed by atoms with van der Waals surface area (Å²) in [6, 6.07) is 15.3. The van der Waals surface area contributed by atoms with Gasteiger partial charge in [0, 0.05) is 67.3 Å². The molecule has 2 unspecified atom stereocenters. The van der Waals surface area contributed by atoms with Crippen LogP contribution in [0.2, 0.25) is 0 Å². The summed E-state index contributed by atoms with van der Waals surface area (Å²) in [5.74, 6) is -5.26. The molecule has 410 valence electrons. The van der Waals surface area contributed by atoms with E-state index in [9.17, 15) is 64.5 Å². The molecule has 4 aromatic heterocycles. The van der Waals surface area contributed by atoms with Crippen molar-refractivity contribution in [3.8, 4) is 0 Å². The molecular formula is C56H40F8N6O10. The fraction of sp³-hybridized carbons (Fsp3) is 0.286. The van der Waals surface area contributed by atoms with Gasteiger partial charge in [-0.05, 0) is 85.6 Å². The van der Waals surface area contributed by atoms with Crippen molar-refractivity contribution in [2.45, 2.75) is 74.3 Å². The van der Waals surface area contributed by atoms with E-state index in [1.54, 1.807) is 4.57 Å². The van der Waals surface area contributed by atoms with Gasteiger partial charge in [0.25, 0.3) is 23.6 Å². The van der Waals surface area contributed by atoms with Crippen LogP contribution in [0.3, 0.4) is 0 Å². The molecule has 16 rings (SSSR count). The average molecular weight is 1110 g/mol. The minimum Gasteiger partial charge on any atom is -0.387 e. The van der Waals surface area contributed by atoms with Crippen LogP contribution < -0.4 is 10.6 Å². The van der Waals surface area contributed by atoms with E-state index < -0.39 is 122 Å². The molecule has 6 aliphatic heterocycles. The molecule has 6 aromatic carbocycles. The molecule has 16 nitrogen and oxygen atoms in total. The molecule has 0 aliphatic carbocycles. The number of halogens is 8. The summed E-state index contributed by atoms with van der Waals surface area (Å²) in [6.45, 7) is -0.385. The number of amides is 4. The molecule has 6 N–H and O–H groups in total. The Balaban J connectivity index is 0.000000133. The smallest absolute Gasteiger partial charge is 0.259 e. The highest BCUT2D eigenvalue weighted by molar-refractivity contribution is 6.41. The first-order valence-electron chi connectivity index (χ1n) is 25.4. The highest BCUT2D eigenvalue weighted by Gasteiger charge is 2.60. The van der Waals surface area contributed by atoms with Crippen molar-refractivity contribution in [2.24, 2.45) is 0 Å². The van der Waals surface area contributed by atoms with Crippen LogP contribution in [0.1, 0.15) is 66.7 Å². The number of ether oxygens (including phenoxy) is 4. The van der Waals surface area contributed by atoms with Gasteiger partial charge in [0.15, 0.2) is 24.8 Å². The molecule has 4 amide bonds. The minimum atomic E-state index is -2.22. The number of imide groups is 2. The van der Waals surface area contributed by atoms with Crippen molar-refractivity contribution in [3.05, 3.63) is 118 Å². The van der Waals surface area contributed by atoms with Crippen molar-refractivity contribution >= 4 is 111 Å². The van der Waals surface area contributed by atoms with Crippen LogP contribution >= 0.6 is 0 Å². The van der Waals surface area contributed by atoms with Crippen LogP contribution in [0.5, 0.6) is 0 Å². The molecule has 10 atom stereocenters. The molecule has 10 aromatic rings. The highest BCUT2D eigenvalue weighted by atomic mass is 19.2. The SMILES string of the molecule is C1CCOC1.O=C1NC(=O)c2c1c1c3cc(F)ccc3[nH]c1c1c2c2cc(F)ccc2n1C1O[C@H](CF)[C@@H](F)[C@H](O)[C@H]1O.O=C1NC(=O)c2c1c1c3cc(F)ccc3[nH]c1c1c2c2cc(F)ccc2n1C1O[C@H](CF)[C@@H](F)[C@H]2O[C@@H]12. The van der Waals surface area contributed by atoms with Crippen LogP contribution in [0.4, 0.5) is 35.1 Å². The highest BCUT2D eigenvalue weighted by Crippen LogP contribution is 2.51. The zero-order valence-corrected chi connectivity index (χ0v) is 41.0. The molecule has 0 bridgehead atoms. The van der Waals surface area contributed by atoms with Crippen LogP contribution in [-0.2, 0) is 18.9 Å². The Morgan fingerprint density at radius 3 is 1.36 bits per heavy atom. The second kappa shape index (κ2) is 18.3. The Morgan fingerprint density at radius 2 is 0.912 bits per heavy atom. The predicted octanol–water partition coefficient (Wildman–Crippen LogP) is 8.88. The quantitative estimate of drug-likeness (QED) is 0.0559. The van der Waals surface area contributed by atoms with Crippen molar-refractivity contribution in [3.63, 3.8) is 0 Å². The van der Waals surface area contributed by atoms with E-state index in [-0.39, 0.29) is 65.7 Å². The number of aromatic amines is 2. The lowest BCUT2D eigenvalue weighted by molar-refractivity contribution is -0.229. The number of fused-ring (bicyclic) bond motifs is 21. The van der Waals surface area contributed by atoms with Gasteiger partial charge < -0.3 is 48.3 Å². The van der Waals surface area contributed by atoms with Crippen LogP contribution in [0.25, 0.3) is 87.2 Å². The summed E-state index contributed by atoms with van der Waals surface area (Å²) in [5.41, 5.74) is 2.49. The molecule has 6 aliphatic rings. The summed E-state index contributed by atoms with van der Waals surface area (Å²) in [5, 5.41) is 27.8. The van der Waals surface area contributed by atoms with Crippen molar-refractivity contribution in [1.82, 2.24) is 29.7 Å². The number of hydrogen-bond acceptors (Lipinski definition) is 10. The monoisotopic (exact) mass is 1110 g/mol. The molecule has 80 heavy (non-hydrogen) atoms. The number of nitrogens with zero attached hydrogens (tertiary/aromatic N) is 2. The third kappa shape index (κ3) is 7.21. The van der Waals surface area contributed by atoms with Gasteiger partial charge in [0.2, 0.25) is 0 Å². The number of rotatable bonds is 4. The number of benzene rings is 6. The molecule has 4 saturated heterocycles. The first-order valence-corrected chi connectivity index (χ1v) is 25.4. The number of H-pyrrole nitrogens is 2. The van der Waals surface area contributed by atoms with Gasteiger partial charge in [0.05, 0.1) is 55.4 Å². The van der Waals surface area contributed by atoms with Gasteiger partial charge in [-0.3, -0.25) is 29.8 Å². The van der Waals surface area contributed by atoms with E-state index in [4.69, 9.17) is 18.9 Å². The number of epoxide rings is 1. The van der Waals surface area contributed by atoms with Gasteiger partial charge in [-0.2, -0.15) is 0 Å². The van der Waals surface area contributed by atoms with Gasteiger partial charge in [-0.1, -0.05) is 0 Å². The van der Waals surface area contributed by atoms with Crippen LogP contribution in [0, 0.1) is 23.3 Å². The van der Waals surface area contributed by atoms with Crippen molar-refractivity contribution < 1.29 is 83.5 Å². The third-order valence-electron chi connectivity index (χ3n) is 15.9. The number of carbonyl (C=O) groups is 4. The minimum absolute atomic E-state index is 0.0153. The molecular weight excluding hydrogens is 1070 g/mol. The fourth-order valence-electron chi connectivity index (χ4n) is 12.4. The zero-order chi connectivity index (χ0) is 55.5. The third-order valence-corrected chi connectivity index (χ3v) is 15.9. The summed E-state index contributed by atoms with van der Waals surface area (Å²) in [6.07, 6.45) is -12.5. The van der Waals surface area contributed by atoms with E-state index >= 15 is 0 Å². The molecule has 4 fully saturated rings. The Bertz CT molecular complexity index is 4370. The Morgan fingerprint density at radius 1 is 0.500 bits per heavy atom. The Labute approximate surface area is 442 Å². The van der Waals surface area contributed by atoms with Crippen LogP contribution in [0.15, 0.2) is 72.8 Å². The number of aromatic nitrogens is 4. The number of alkyl halides is 4. The van der Waals surface area contributed by atoms with Gasteiger partial charge in [-0.25, -0.2) is 35.1 Å². The maximum absolute atomic E-state index is 14.6. The van der Waals surface area contributed by atoms with E-state index in [1.807, 2.05) is 0 Å². The van der Waals surface area contributed by atoms with Gasteiger partial charge >= 0.3 is 0 Å². The molecule has 24 heteroatoms. The first kappa shape index (κ1) is 50.2. The topological polar surface area (TPSA) is 214 Å². The molecule has 0 spiro atoms. The number of carbonyl (C=O) groups excluding carboxylic acids is 4. The number of nitrogens with one attached hydrogen (secondary N) is 4. The van der Waals surface area contributed by atoms with E-state index in [0.717, 1.165) is 25.3 Å². The lowest BCUT2D eigenvalue weighted by Crippen LogP contribution is -2.54. The number of aliphatic hydroxyl groups excluding tert-OH is 2. The average Bonchev–Trinajstić information content (AvgIpc) is 2.86. The van der Waals surface area contributed by atoms with Crippen LogP contribution in [-0.4, -0.2) is 128 Å². The summed E-state index contributed by atoms with van der Waals surface area (Å²) >= 11 is 0. The summed E-state index contributed by atoms with van der Waals surface area (Å²) in [4.78, 5) is 58.5. The Hall–Kier alpha value is -8.00. The van der Waals surface area contributed by atoms with E-state index in [2.05, 4.69) is 20.6 Å². The maximum atomic E-state index is 14.6. The lowest BCUT2D eigenvalue weighted by atomic mass is 9.96. The zero-order valence-electron chi connectivity index (χ0n) is 41.0. The second-order valence-corrected chi connectivity index (χ2v) is 20.4. The number of hydrogen-bond donors (Lipinski definition) is 6. The molecule has 10 heterocycles. The Kier molecular flexibility index (Phi) is 11.5. The molecule has 0 radical (unpaired) electrons. The molecule has 0 saturated carbocycles. The normalized spacial score (nSPS) is 26.1. The van der Waals surface area contributed by atoms with Crippen molar-refractivity contribution in [2.75, 3.05) is 26.6 Å². The van der Waals surface area contributed by atoms with E-state index in [0.29, 0.717) is 43.7 Å².